The van der Waals surface area contributed by atoms with Crippen LogP contribution in [0.25, 0.3) is 0 Å². The lowest BCUT2D eigenvalue weighted by atomic mass is 9.91. The maximum absolute atomic E-state index is 13.5. The molecule has 4 fully saturated rings. The zero-order valence-electron chi connectivity index (χ0n) is 15.1. The number of carbonyl (C=O) groups is 2. The number of rotatable bonds is 3. The van der Waals surface area contributed by atoms with E-state index < -0.39 is 5.60 Å². The van der Waals surface area contributed by atoms with Crippen LogP contribution in [0, 0.1) is 12.8 Å². The molecule has 0 spiro atoms. The van der Waals surface area contributed by atoms with Crippen molar-refractivity contribution in [2.45, 2.75) is 63.1 Å². The highest BCUT2D eigenvalue weighted by atomic mass is 16.5. The molecule has 4 aliphatic rings. The minimum Gasteiger partial charge on any atom is -0.365 e. The van der Waals surface area contributed by atoms with Crippen molar-refractivity contribution in [2.24, 2.45) is 5.92 Å². The Morgan fingerprint density at radius 1 is 1.15 bits per heavy atom. The number of nitrogens with zero attached hydrogens (tertiary/aromatic N) is 4. The molecule has 140 valence electrons. The number of likely N-dealkylation sites (tertiary alicyclic amines) is 1. The number of aromatic nitrogens is 3. The molecule has 1 aromatic rings. The lowest BCUT2D eigenvalue weighted by molar-refractivity contribution is -0.161. The Balaban J connectivity index is 1.35. The molecule has 3 saturated heterocycles. The minimum atomic E-state index is -0.574. The number of fused-ring (bicyclic) bond motifs is 2. The standard InChI is InChI=1S/C18H25N5O3/c1-11-15(20-21-19-11)16(24)22-9-13-5-6-14(10-22)23(13)17(25)18(12-3-4-12)7-2-8-26-18/h12-14H,2-10H2,1H3,(H,19,20,21). The Labute approximate surface area is 152 Å². The molecule has 1 saturated carbocycles. The van der Waals surface area contributed by atoms with E-state index in [1.54, 1.807) is 6.92 Å². The molecular formula is C18H25N5O3. The highest BCUT2D eigenvalue weighted by Crippen LogP contribution is 2.49. The summed E-state index contributed by atoms with van der Waals surface area (Å²) in [6, 6.07) is 0.189. The van der Waals surface area contributed by atoms with Crippen LogP contribution in [0.5, 0.6) is 0 Å². The van der Waals surface area contributed by atoms with Crippen LogP contribution in [-0.2, 0) is 9.53 Å². The zero-order valence-corrected chi connectivity index (χ0v) is 15.1. The SMILES string of the molecule is Cc1n[nH]nc1C(=O)N1CC2CCC(C1)N2C(=O)C1(C2CC2)CCCO1. The predicted molar refractivity (Wildman–Crippen MR) is 91.3 cm³/mol. The maximum Gasteiger partial charge on any atom is 0.276 e. The number of ether oxygens (including phenoxy) is 1. The minimum absolute atomic E-state index is 0.0886. The number of hydrogen-bond donors (Lipinski definition) is 1. The Kier molecular flexibility index (Phi) is 3.60. The summed E-state index contributed by atoms with van der Waals surface area (Å²) in [7, 11) is 0. The van der Waals surface area contributed by atoms with Crippen LogP contribution >= 0.6 is 0 Å². The molecule has 8 nitrogen and oxygen atoms in total. The number of aryl methyl sites for hydroxylation is 1. The monoisotopic (exact) mass is 359 g/mol. The predicted octanol–water partition coefficient (Wildman–Crippen LogP) is 0.888. The van der Waals surface area contributed by atoms with E-state index in [1.807, 2.05) is 4.90 Å². The first kappa shape index (κ1) is 16.2. The number of hydrogen-bond acceptors (Lipinski definition) is 5. The fraction of sp³-hybridized carbons (Fsp3) is 0.778. The van der Waals surface area contributed by atoms with Gasteiger partial charge in [0.2, 0.25) is 0 Å². The summed E-state index contributed by atoms with van der Waals surface area (Å²) in [5.74, 6) is 0.498. The van der Waals surface area contributed by atoms with Gasteiger partial charge in [-0.1, -0.05) is 0 Å². The smallest absolute Gasteiger partial charge is 0.276 e. The first-order chi connectivity index (χ1) is 12.6. The molecule has 0 aromatic carbocycles. The van der Waals surface area contributed by atoms with Crippen molar-refractivity contribution < 1.29 is 14.3 Å². The normalized spacial score (nSPS) is 33.7. The van der Waals surface area contributed by atoms with Crippen LogP contribution in [0.15, 0.2) is 0 Å². The summed E-state index contributed by atoms with van der Waals surface area (Å²) in [5, 5.41) is 10.5. The van der Waals surface area contributed by atoms with Gasteiger partial charge in [0.1, 0.15) is 5.60 Å². The number of carbonyl (C=O) groups excluding carboxylic acids is 2. The van der Waals surface area contributed by atoms with Gasteiger partial charge in [0.15, 0.2) is 5.69 Å². The van der Waals surface area contributed by atoms with Gasteiger partial charge in [0.05, 0.1) is 5.69 Å². The van der Waals surface area contributed by atoms with Crippen molar-refractivity contribution >= 4 is 11.8 Å². The lowest BCUT2D eigenvalue weighted by Crippen LogP contribution is -2.62. The average molecular weight is 359 g/mol. The third kappa shape index (κ3) is 2.31. The number of H-pyrrole nitrogens is 1. The van der Waals surface area contributed by atoms with E-state index in [1.165, 1.54) is 0 Å². The molecule has 3 aliphatic heterocycles. The molecule has 0 radical (unpaired) electrons. The van der Waals surface area contributed by atoms with Gasteiger partial charge in [-0.15, -0.1) is 0 Å². The Morgan fingerprint density at radius 3 is 2.42 bits per heavy atom. The Morgan fingerprint density at radius 2 is 1.88 bits per heavy atom. The largest absolute Gasteiger partial charge is 0.365 e. The van der Waals surface area contributed by atoms with Gasteiger partial charge < -0.3 is 14.5 Å². The summed E-state index contributed by atoms with van der Waals surface area (Å²) in [6.45, 7) is 3.63. The highest BCUT2D eigenvalue weighted by molar-refractivity contribution is 5.94. The van der Waals surface area contributed by atoms with E-state index in [0.717, 1.165) is 38.5 Å². The molecule has 3 unspecified atom stereocenters. The van der Waals surface area contributed by atoms with Crippen LogP contribution in [0.2, 0.25) is 0 Å². The molecule has 2 bridgehead atoms. The fourth-order valence-electron chi connectivity index (χ4n) is 5.13. The number of nitrogens with one attached hydrogen (secondary N) is 1. The van der Waals surface area contributed by atoms with Gasteiger partial charge in [-0.2, -0.15) is 15.4 Å². The quantitative estimate of drug-likeness (QED) is 0.865. The van der Waals surface area contributed by atoms with Crippen LogP contribution in [-0.4, -0.2) is 74.4 Å². The summed E-state index contributed by atoms with van der Waals surface area (Å²) < 4.78 is 6.06. The molecule has 8 heteroatoms. The number of piperazine rings is 1. The summed E-state index contributed by atoms with van der Waals surface area (Å²) in [4.78, 5) is 30.2. The van der Waals surface area contributed by atoms with Crippen molar-refractivity contribution in [3.8, 4) is 0 Å². The first-order valence-corrected chi connectivity index (χ1v) is 9.73. The summed E-state index contributed by atoms with van der Waals surface area (Å²) >= 11 is 0. The van der Waals surface area contributed by atoms with Gasteiger partial charge in [-0.3, -0.25) is 9.59 Å². The van der Waals surface area contributed by atoms with E-state index in [4.69, 9.17) is 4.74 Å². The number of amides is 2. The third-order valence-electron chi connectivity index (χ3n) is 6.58. The summed E-state index contributed by atoms with van der Waals surface area (Å²) in [5.41, 5.74) is 0.432. The second-order valence-corrected chi connectivity index (χ2v) is 8.18. The molecule has 5 rings (SSSR count). The molecule has 2 amide bonds. The highest BCUT2D eigenvalue weighted by Gasteiger charge is 2.58. The van der Waals surface area contributed by atoms with Gasteiger partial charge in [-0.25, -0.2) is 0 Å². The molecule has 3 atom stereocenters. The lowest BCUT2D eigenvalue weighted by Gasteiger charge is -2.44. The second kappa shape index (κ2) is 5.77. The van der Waals surface area contributed by atoms with Crippen molar-refractivity contribution in [2.75, 3.05) is 19.7 Å². The maximum atomic E-state index is 13.5. The van der Waals surface area contributed by atoms with Crippen LogP contribution in [0.4, 0.5) is 0 Å². The Hall–Kier alpha value is -1.96. The molecule has 1 aromatic heterocycles. The Bertz CT molecular complexity index is 723. The van der Waals surface area contributed by atoms with Gasteiger partial charge in [-0.05, 0) is 51.4 Å². The molecule has 26 heavy (non-hydrogen) atoms. The van der Waals surface area contributed by atoms with Gasteiger partial charge >= 0.3 is 0 Å². The van der Waals surface area contributed by atoms with E-state index in [2.05, 4.69) is 20.3 Å². The van der Waals surface area contributed by atoms with Gasteiger partial charge in [0, 0.05) is 31.8 Å². The topological polar surface area (TPSA) is 91.4 Å². The van der Waals surface area contributed by atoms with Crippen molar-refractivity contribution in [3.05, 3.63) is 11.4 Å². The second-order valence-electron chi connectivity index (χ2n) is 8.18. The molecule has 4 heterocycles. The molecular weight excluding hydrogens is 334 g/mol. The van der Waals surface area contributed by atoms with E-state index in [-0.39, 0.29) is 23.9 Å². The molecule has 1 N–H and O–H groups in total. The summed E-state index contributed by atoms with van der Waals surface area (Å²) in [6.07, 6.45) is 5.95. The van der Waals surface area contributed by atoms with E-state index in [0.29, 0.717) is 37.0 Å². The third-order valence-corrected chi connectivity index (χ3v) is 6.58. The van der Waals surface area contributed by atoms with E-state index in [9.17, 15) is 9.59 Å². The zero-order chi connectivity index (χ0) is 17.9. The van der Waals surface area contributed by atoms with Crippen molar-refractivity contribution in [3.63, 3.8) is 0 Å². The van der Waals surface area contributed by atoms with Crippen LogP contribution in [0.1, 0.15) is 54.7 Å². The molecule has 1 aliphatic carbocycles. The van der Waals surface area contributed by atoms with Gasteiger partial charge in [0.25, 0.3) is 11.8 Å². The van der Waals surface area contributed by atoms with Crippen LogP contribution < -0.4 is 0 Å². The first-order valence-electron chi connectivity index (χ1n) is 9.73. The number of aromatic amines is 1. The van der Waals surface area contributed by atoms with Crippen LogP contribution in [0.3, 0.4) is 0 Å². The fourth-order valence-corrected chi connectivity index (χ4v) is 5.13. The van der Waals surface area contributed by atoms with E-state index >= 15 is 0 Å². The average Bonchev–Trinajstić information content (AvgIpc) is 3.12. The van der Waals surface area contributed by atoms with Crippen molar-refractivity contribution in [1.29, 1.82) is 0 Å². The van der Waals surface area contributed by atoms with Crippen molar-refractivity contribution in [1.82, 2.24) is 25.2 Å².